The van der Waals surface area contributed by atoms with E-state index >= 15 is 0 Å². The molecule has 0 spiro atoms. The van der Waals surface area contributed by atoms with Crippen molar-refractivity contribution in [3.8, 4) is 17.2 Å². The van der Waals surface area contributed by atoms with E-state index in [2.05, 4.69) is 16.0 Å². The van der Waals surface area contributed by atoms with Crippen LogP contribution in [0, 0.1) is 0 Å². The van der Waals surface area contributed by atoms with Gasteiger partial charge in [-0.05, 0) is 0 Å². The topological polar surface area (TPSA) is 27.7 Å². The van der Waals surface area contributed by atoms with Gasteiger partial charge >= 0.3 is 85.4 Å². The van der Waals surface area contributed by atoms with Crippen LogP contribution in [0.2, 0.25) is 0 Å². The number of rotatable bonds is 3. The van der Waals surface area contributed by atoms with E-state index in [1.807, 2.05) is 6.07 Å². The Bertz CT molecular complexity index is 299. The van der Waals surface area contributed by atoms with E-state index in [1.165, 1.54) is 0 Å². The Labute approximate surface area is 85.8 Å². The van der Waals surface area contributed by atoms with Crippen LogP contribution in [0.1, 0.15) is 0 Å². The van der Waals surface area contributed by atoms with Crippen molar-refractivity contribution in [3.05, 3.63) is 12.1 Å². The molecule has 0 aliphatic heterocycles. The van der Waals surface area contributed by atoms with Crippen LogP contribution in [-0.4, -0.2) is 37.3 Å². The Morgan fingerprint density at radius 2 is 1.69 bits per heavy atom. The molecule has 1 rings (SSSR count). The second kappa shape index (κ2) is 4.40. The summed E-state index contributed by atoms with van der Waals surface area (Å²) in [6.45, 7) is 0. The third-order valence-corrected chi connectivity index (χ3v) is 2.37. The van der Waals surface area contributed by atoms with E-state index in [1.54, 1.807) is 27.4 Å². The zero-order valence-corrected chi connectivity index (χ0v) is 9.70. The first-order chi connectivity index (χ1) is 6.22. The van der Waals surface area contributed by atoms with Gasteiger partial charge in [-0.3, -0.25) is 0 Å². The number of methoxy groups -OCH3 is 3. The van der Waals surface area contributed by atoms with E-state index in [9.17, 15) is 0 Å². The molecule has 0 fully saturated rings. The number of hydrogen-bond donors (Lipinski definition) is 0. The molecule has 4 heteroatoms. The molecule has 1 aromatic rings. The van der Waals surface area contributed by atoms with Gasteiger partial charge in [0, 0.05) is 0 Å². The van der Waals surface area contributed by atoms with Gasteiger partial charge in [-0.1, -0.05) is 0 Å². The maximum atomic E-state index is 5.17. The van der Waals surface area contributed by atoms with Crippen molar-refractivity contribution in [2.24, 2.45) is 0 Å². The quantitative estimate of drug-likeness (QED) is 0.716. The average molecular weight is 247 g/mol. The summed E-state index contributed by atoms with van der Waals surface area (Å²) >= 11 is 2.42. The molecule has 0 saturated heterocycles. The van der Waals surface area contributed by atoms with Crippen LogP contribution in [0.25, 0.3) is 0 Å². The van der Waals surface area contributed by atoms with Gasteiger partial charge in [0.05, 0.1) is 0 Å². The molecule has 1 aromatic carbocycles. The third-order valence-electron chi connectivity index (χ3n) is 1.67. The molecule has 0 bridgehead atoms. The van der Waals surface area contributed by atoms with E-state index < -0.39 is 0 Å². The standard InChI is InChI=1S/C9H12O3Se/c1-10-6-4-7(11-2)9(12-3)8(13)5-6/h4-5,13H,1-3H3. The van der Waals surface area contributed by atoms with Gasteiger partial charge in [-0.25, -0.2) is 0 Å². The first kappa shape index (κ1) is 10.2. The number of benzene rings is 1. The molecule has 0 amide bonds. The Morgan fingerprint density at radius 1 is 1.00 bits per heavy atom. The fourth-order valence-electron chi connectivity index (χ4n) is 1.04. The molecule has 0 aliphatic rings. The normalized spacial score (nSPS) is 9.54. The summed E-state index contributed by atoms with van der Waals surface area (Å²) < 4.78 is 16.3. The van der Waals surface area contributed by atoms with Crippen molar-refractivity contribution in [2.75, 3.05) is 21.3 Å². The van der Waals surface area contributed by atoms with E-state index in [0.717, 1.165) is 16.0 Å². The first-order valence-corrected chi connectivity index (χ1v) is 4.65. The molecule has 72 valence electrons. The van der Waals surface area contributed by atoms with Gasteiger partial charge in [0.2, 0.25) is 0 Å². The van der Waals surface area contributed by atoms with Gasteiger partial charge in [-0.2, -0.15) is 0 Å². The fourth-order valence-corrected chi connectivity index (χ4v) is 1.73. The summed E-state index contributed by atoms with van der Waals surface area (Å²) in [5, 5.41) is 0. The second-order valence-electron chi connectivity index (χ2n) is 2.38. The van der Waals surface area contributed by atoms with Gasteiger partial charge < -0.3 is 0 Å². The molecular weight excluding hydrogens is 235 g/mol. The summed E-state index contributed by atoms with van der Waals surface area (Å²) in [5.74, 6) is 2.16. The predicted octanol–water partition coefficient (Wildman–Crippen LogP) is 0.238. The summed E-state index contributed by atoms with van der Waals surface area (Å²) in [6, 6.07) is 3.66. The number of ether oxygens (including phenoxy) is 3. The zero-order chi connectivity index (χ0) is 9.84. The molecule has 0 aliphatic carbocycles. The predicted molar refractivity (Wildman–Crippen MR) is 52.9 cm³/mol. The molecule has 13 heavy (non-hydrogen) atoms. The summed E-state index contributed by atoms with van der Waals surface area (Å²) in [6.07, 6.45) is 0. The molecular formula is C9H12O3Se. The maximum absolute atomic E-state index is 5.17. The van der Waals surface area contributed by atoms with Gasteiger partial charge in [0.1, 0.15) is 0 Å². The Balaban J connectivity index is 3.20. The SMILES string of the molecule is COc1cc([SeH])c(OC)c(OC)c1. The van der Waals surface area contributed by atoms with Crippen molar-refractivity contribution in [3.63, 3.8) is 0 Å². The molecule has 0 N–H and O–H groups in total. The minimum absolute atomic E-state index is 0.678. The molecule has 0 unspecified atom stereocenters. The van der Waals surface area contributed by atoms with Crippen molar-refractivity contribution < 1.29 is 14.2 Å². The van der Waals surface area contributed by atoms with Crippen LogP contribution in [-0.2, 0) is 0 Å². The molecule has 0 heterocycles. The van der Waals surface area contributed by atoms with Gasteiger partial charge in [0.25, 0.3) is 0 Å². The van der Waals surface area contributed by atoms with E-state index in [4.69, 9.17) is 14.2 Å². The van der Waals surface area contributed by atoms with Gasteiger partial charge in [-0.15, -0.1) is 0 Å². The molecule has 3 nitrogen and oxygen atoms in total. The van der Waals surface area contributed by atoms with Crippen LogP contribution in [0.5, 0.6) is 17.2 Å². The molecule has 0 atom stereocenters. The van der Waals surface area contributed by atoms with Crippen LogP contribution < -0.4 is 18.7 Å². The molecule has 0 saturated carbocycles. The zero-order valence-electron chi connectivity index (χ0n) is 7.83. The molecule has 0 radical (unpaired) electrons. The first-order valence-electron chi connectivity index (χ1n) is 3.72. The monoisotopic (exact) mass is 248 g/mol. The van der Waals surface area contributed by atoms with Gasteiger partial charge in [0.15, 0.2) is 0 Å². The average Bonchev–Trinajstić information content (AvgIpc) is 2.16. The van der Waals surface area contributed by atoms with Crippen molar-refractivity contribution in [1.29, 1.82) is 0 Å². The summed E-state index contributed by atoms with van der Waals surface area (Å²) in [7, 11) is 4.83. The van der Waals surface area contributed by atoms with Crippen LogP contribution >= 0.6 is 0 Å². The number of hydrogen-bond acceptors (Lipinski definition) is 3. The van der Waals surface area contributed by atoms with Crippen LogP contribution in [0.3, 0.4) is 0 Å². The minimum atomic E-state index is 0.678. The van der Waals surface area contributed by atoms with Crippen LogP contribution in [0.4, 0.5) is 0 Å². The Morgan fingerprint density at radius 3 is 2.15 bits per heavy atom. The van der Waals surface area contributed by atoms with E-state index in [0.29, 0.717) is 5.75 Å². The Kier molecular flexibility index (Phi) is 3.46. The third kappa shape index (κ3) is 2.08. The Hall–Kier alpha value is -0.861. The fraction of sp³-hybridized carbons (Fsp3) is 0.333. The van der Waals surface area contributed by atoms with Crippen LogP contribution in [0.15, 0.2) is 12.1 Å². The van der Waals surface area contributed by atoms with Crippen molar-refractivity contribution in [1.82, 2.24) is 0 Å². The second-order valence-corrected chi connectivity index (χ2v) is 3.39. The van der Waals surface area contributed by atoms with Crippen molar-refractivity contribution in [2.45, 2.75) is 0 Å². The van der Waals surface area contributed by atoms with Crippen molar-refractivity contribution >= 4 is 20.5 Å². The summed E-state index contributed by atoms with van der Waals surface area (Å²) in [5.41, 5.74) is 0. The summed E-state index contributed by atoms with van der Waals surface area (Å²) in [4.78, 5) is 0. The molecule has 0 aromatic heterocycles. The van der Waals surface area contributed by atoms with E-state index in [-0.39, 0.29) is 0 Å².